The van der Waals surface area contributed by atoms with E-state index < -0.39 is 12.0 Å². The molecule has 1 saturated heterocycles. The Bertz CT molecular complexity index is 563. The number of hydrogen-bond donors (Lipinski definition) is 1. The van der Waals surface area contributed by atoms with Crippen LogP contribution in [0.1, 0.15) is 62.0 Å². The summed E-state index contributed by atoms with van der Waals surface area (Å²) < 4.78 is 1.81. The van der Waals surface area contributed by atoms with Gasteiger partial charge in [-0.25, -0.2) is 4.79 Å². The Morgan fingerprint density at radius 3 is 2.68 bits per heavy atom. The Kier molecular flexibility index (Phi) is 4.18. The van der Waals surface area contributed by atoms with E-state index in [0.29, 0.717) is 24.6 Å². The summed E-state index contributed by atoms with van der Waals surface area (Å²) in [6.45, 7) is 2.55. The number of carboxylic acid groups (broad SMARTS) is 1. The fourth-order valence-electron chi connectivity index (χ4n) is 3.69. The molecule has 2 heterocycles. The van der Waals surface area contributed by atoms with Crippen molar-refractivity contribution in [3.8, 4) is 0 Å². The van der Waals surface area contributed by atoms with E-state index in [-0.39, 0.29) is 11.9 Å². The molecule has 6 heteroatoms. The average molecular weight is 305 g/mol. The van der Waals surface area contributed by atoms with Crippen LogP contribution < -0.4 is 0 Å². The molecular weight excluding hydrogens is 282 g/mol. The van der Waals surface area contributed by atoms with Crippen LogP contribution in [-0.2, 0) is 4.79 Å². The van der Waals surface area contributed by atoms with Crippen molar-refractivity contribution in [2.45, 2.75) is 57.5 Å². The number of aliphatic carboxylic acids is 1. The Hall–Kier alpha value is -1.85. The lowest BCUT2D eigenvalue weighted by molar-refractivity contribution is -0.144. The Balaban J connectivity index is 1.84. The molecule has 3 rings (SSSR count). The first-order chi connectivity index (χ1) is 10.6. The molecule has 2 aliphatic rings. The summed E-state index contributed by atoms with van der Waals surface area (Å²) in [7, 11) is 0. The van der Waals surface area contributed by atoms with Gasteiger partial charge in [-0.05, 0) is 37.7 Å². The summed E-state index contributed by atoms with van der Waals surface area (Å²) >= 11 is 0. The smallest absolute Gasteiger partial charge is 0.326 e. The molecule has 0 aromatic carbocycles. The zero-order valence-electron chi connectivity index (χ0n) is 12.9. The molecule has 0 radical (unpaired) electrons. The number of carboxylic acids is 1. The SMILES string of the molecule is CC1CCN(C(=O)c2ccnn2C2CCCC2)C(C(=O)O)C1. The molecule has 2 unspecified atom stereocenters. The van der Waals surface area contributed by atoms with E-state index in [2.05, 4.69) is 5.10 Å². The van der Waals surface area contributed by atoms with E-state index in [1.54, 1.807) is 12.3 Å². The lowest BCUT2D eigenvalue weighted by Gasteiger charge is -2.36. The molecule has 6 nitrogen and oxygen atoms in total. The molecule has 1 saturated carbocycles. The molecule has 1 amide bonds. The van der Waals surface area contributed by atoms with Gasteiger partial charge < -0.3 is 10.0 Å². The van der Waals surface area contributed by atoms with Crippen LogP contribution in [0.5, 0.6) is 0 Å². The summed E-state index contributed by atoms with van der Waals surface area (Å²) in [6.07, 6.45) is 7.44. The zero-order valence-corrected chi connectivity index (χ0v) is 12.9. The predicted octanol–water partition coefficient (Wildman–Crippen LogP) is 2.32. The van der Waals surface area contributed by atoms with Gasteiger partial charge in [-0.1, -0.05) is 19.8 Å². The molecule has 1 aliphatic heterocycles. The third-order valence-electron chi connectivity index (χ3n) is 4.97. The Morgan fingerprint density at radius 2 is 2.00 bits per heavy atom. The van der Waals surface area contributed by atoms with E-state index >= 15 is 0 Å². The van der Waals surface area contributed by atoms with Crippen molar-refractivity contribution < 1.29 is 14.7 Å². The monoisotopic (exact) mass is 305 g/mol. The van der Waals surface area contributed by atoms with E-state index in [9.17, 15) is 14.7 Å². The first-order valence-corrected chi connectivity index (χ1v) is 8.15. The number of hydrogen-bond acceptors (Lipinski definition) is 3. The summed E-state index contributed by atoms with van der Waals surface area (Å²) in [5, 5.41) is 13.8. The largest absolute Gasteiger partial charge is 0.480 e. The molecule has 22 heavy (non-hydrogen) atoms. The average Bonchev–Trinajstić information content (AvgIpc) is 3.17. The predicted molar refractivity (Wildman–Crippen MR) is 80.6 cm³/mol. The van der Waals surface area contributed by atoms with Gasteiger partial charge in [0, 0.05) is 12.7 Å². The summed E-state index contributed by atoms with van der Waals surface area (Å²) in [6, 6.07) is 1.28. The van der Waals surface area contributed by atoms with Crippen LogP contribution >= 0.6 is 0 Å². The summed E-state index contributed by atoms with van der Waals surface area (Å²) in [5.41, 5.74) is 0.535. The van der Waals surface area contributed by atoms with E-state index in [4.69, 9.17) is 0 Å². The lowest BCUT2D eigenvalue weighted by Crippen LogP contribution is -2.50. The van der Waals surface area contributed by atoms with Gasteiger partial charge in [-0.3, -0.25) is 9.48 Å². The fraction of sp³-hybridized carbons (Fsp3) is 0.688. The van der Waals surface area contributed by atoms with Gasteiger partial charge in [0.05, 0.1) is 6.04 Å². The molecule has 1 aliphatic carbocycles. The minimum atomic E-state index is -0.910. The maximum Gasteiger partial charge on any atom is 0.326 e. The Labute approximate surface area is 130 Å². The van der Waals surface area contributed by atoms with Crippen LogP contribution in [0.2, 0.25) is 0 Å². The van der Waals surface area contributed by atoms with Crippen LogP contribution in [0.25, 0.3) is 0 Å². The number of nitrogens with zero attached hydrogens (tertiary/aromatic N) is 3. The van der Waals surface area contributed by atoms with Crippen molar-refractivity contribution in [1.82, 2.24) is 14.7 Å². The van der Waals surface area contributed by atoms with E-state index in [0.717, 1.165) is 32.1 Å². The lowest BCUT2D eigenvalue weighted by atomic mass is 9.92. The number of carbonyl (C=O) groups is 2. The highest BCUT2D eigenvalue weighted by atomic mass is 16.4. The minimum absolute atomic E-state index is 0.191. The second kappa shape index (κ2) is 6.10. The van der Waals surface area contributed by atoms with E-state index in [1.165, 1.54) is 4.90 Å². The Morgan fingerprint density at radius 1 is 1.27 bits per heavy atom. The van der Waals surface area contributed by atoms with Gasteiger partial charge in [-0.2, -0.15) is 5.10 Å². The molecule has 2 atom stereocenters. The maximum atomic E-state index is 12.9. The van der Waals surface area contributed by atoms with E-state index in [1.807, 2.05) is 11.6 Å². The third-order valence-corrected chi connectivity index (χ3v) is 4.97. The van der Waals surface area contributed by atoms with Crippen LogP contribution in [0, 0.1) is 5.92 Å². The molecule has 0 bridgehead atoms. The minimum Gasteiger partial charge on any atom is -0.480 e. The number of piperidine rings is 1. The van der Waals surface area contributed by atoms with Crippen molar-refractivity contribution in [3.05, 3.63) is 18.0 Å². The van der Waals surface area contributed by atoms with Crippen LogP contribution in [0.15, 0.2) is 12.3 Å². The van der Waals surface area contributed by atoms with Gasteiger partial charge in [0.2, 0.25) is 0 Å². The van der Waals surface area contributed by atoms with Crippen molar-refractivity contribution in [2.24, 2.45) is 5.92 Å². The normalized spacial score (nSPS) is 26.3. The quantitative estimate of drug-likeness (QED) is 0.930. The summed E-state index contributed by atoms with van der Waals surface area (Å²) in [5.74, 6) is -0.763. The number of aromatic nitrogens is 2. The molecule has 1 N–H and O–H groups in total. The van der Waals surface area contributed by atoms with Gasteiger partial charge in [-0.15, -0.1) is 0 Å². The molecule has 120 valence electrons. The third kappa shape index (κ3) is 2.74. The maximum absolute atomic E-state index is 12.9. The van der Waals surface area contributed by atoms with Crippen molar-refractivity contribution in [3.63, 3.8) is 0 Å². The number of likely N-dealkylation sites (tertiary alicyclic amines) is 1. The van der Waals surface area contributed by atoms with Gasteiger partial charge in [0.25, 0.3) is 5.91 Å². The second-order valence-electron chi connectivity index (χ2n) is 6.58. The van der Waals surface area contributed by atoms with Crippen molar-refractivity contribution in [1.29, 1.82) is 0 Å². The number of rotatable bonds is 3. The van der Waals surface area contributed by atoms with Crippen LogP contribution in [-0.4, -0.2) is 44.3 Å². The molecule has 0 spiro atoms. The second-order valence-corrected chi connectivity index (χ2v) is 6.58. The summed E-state index contributed by atoms with van der Waals surface area (Å²) in [4.78, 5) is 25.9. The van der Waals surface area contributed by atoms with Crippen molar-refractivity contribution in [2.75, 3.05) is 6.54 Å². The molecule has 1 aromatic heterocycles. The topological polar surface area (TPSA) is 75.4 Å². The number of carbonyl (C=O) groups excluding carboxylic acids is 1. The molecule has 2 fully saturated rings. The van der Waals surface area contributed by atoms with Gasteiger partial charge in [0.15, 0.2) is 0 Å². The van der Waals surface area contributed by atoms with Gasteiger partial charge in [0.1, 0.15) is 11.7 Å². The van der Waals surface area contributed by atoms with Gasteiger partial charge >= 0.3 is 5.97 Å². The van der Waals surface area contributed by atoms with Crippen LogP contribution in [0.3, 0.4) is 0 Å². The number of amides is 1. The highest BCUT2D eigenvalue weighted by Gasteiger charge is 2.36. The first-order valence-electron chi connectivity index (χ1n) is 8.15. The highest BCUT2D eigenvalue weighted by Crippen LogP contribution is 2.31. The molecule has 1 aromatic rings. The zero-order chi connectivity index (χ0) is 15.7. The standard InChI is InChI=1S/C16H23N3O3/c1-11-7-9-18(14(10-11)16(21)22)15(20)13-6-8-17-19(13)12-4-2-3-5-12/h6,8,11-12,14H,2-5,7,9-10H2,1H3,(H,21,22). The highest BCUT2D eigenvalue weighted by molar-refractivity contribution is 5.95. The van der Waals surface area contributed by atoms with Crippen LogP contribution in [0.4, 0.5) is 0 Å². The fourth-order valence-corrected chi connectivity index (χ4v) is 3.69. The van der Waals surface area contributed by atoms with Crippen molar-refractivity contribution >= 4 is 11.9 Å². The first kappa shape index (κ1) is 15.1. The molecular formula is C16H23N3O3.